The quantitative estimate of drug-likeness (QED) is 0.753. The lowest BCUT2D eigenvalue weighted by Crippen LogP contribution is -2.10. The van der Waals surface area contributed by atoms with Crippen LogP contribution in [0.15, 0.2) is 6.33 Å². The fraction of sp³-hybridized carbons (Fsp3) is 0.778. The predicted molar refractivity (Wildman–Crippen MR) is 50.2 cm³/mol. The van der Waals surface area contributed by atoms with Crippen molar-refractivity contribution >= 4 is 0 Å². The van der Waals surface area contributed by atoms with Gasteiger partial charge >= 0.3 is 0 Å². The van der Waals surface area contributed by atoms with Crippen LogP contribution in [0.4, 0.5) is 0 Å². The Hall–Kier alpha value is -0.900. The zero-order valence-corrected chi connectivity index (χ0v) is 8.27. The van der Waals surface area contributed by atoms with E-state index in [4.69, 9.17) is 5.11 Å². The Labute approximate surface area is 78.6 Å². The molecule has 0 saturated carbocycles. The summed E-state index contributed by atoms with van der Waals surface area (Å²) in [6.45, 7) is 4.27. The molecule has 1 atom stereocenters. The molecule has 0 aliphatic rings. The lowest BCUT2D eigenvalue weighted by atomic mass is 10.1. The Morgan fingerprint density at radius 2 is 2.31 bits per heavy atom. The molecule has 1 rings (SSSR count). The molecule has 0 aromatic carbocycles. The molecule has 13 heavy (non-hydrogen) atoms. The van der Waals surface area contributed by atoms with Gasteiger partial charge in [-0.25, -0.2) is 0 Å². The van der Waals surface area contributed by atoms with E-state index < -0.39 is 0 Å². The van der Waals surface area contributed by atoms with Crippen molar-refractivity contribution in [2.75, 3.05) is 0 Å². The summed E-state index contributed by atoms with van der Waals surface area (Å²) in [5.74, 6) is 0.667. The second kappa shape index (κ2) is 4.97. The van der Waals surface area contributed by atoms with Gasteiger partial charge < -0.3 is 9.67 Å². The van der Waals surface area contributed by atoms with Crippen LogP contribution in [0.2, 0.25) is 0 Å². The minimum Gasteiger partial charge on any atom is -0.388 e. The Morgan fingerprint density at radius 1 is 1.54 bits per heavy atom. The largest absolute Gasteiger partial charge is 0.388 e. The Kier molecular flexibility index (Phi) is 3.89. The molecule has 0 aliphatic carbocycles. The topological polar surface area (TPSA) is 50.9 Å². The van der Waals surface area contributed by atoms with Crippen LogP contribution in [0.1, 0.15) is 45.0 Å². The summed E-state index contributed by atoms with van der Waals surface area (Å²) in [6, 6.07) is 0.433. The molecule has 0 aliphatic heterocycles. The second-order valence-corrected chi connectivity index (χ2v) is 3.16. The summed E-state index contributed by atoms with van der Waals surface area (Å²) >= 11 is 0. The van der Waals surface area contributed by atoms with Crippen LogP contribution >= 0.6 is 0 Å². The van der Waals surface area contributed by atoms with Crippen LogP contribution in [0.3, 0.4) is 0 Å². The number of hydrogen-bond acceptors (Lipinski definition) is 3. The smallest absolute Gasteiger partial charge is 0.158 e. The molecule has 1 aromatic rings. The van der Waals surface area contributed by atoms with Crippen LogP contribution in [-0.4, -0.2) is 19.9 Å². The van der Waals surface area contributed by atoms with E-state index in [1.54, 1.807) is 6.33 Å². The highest BCUT2D eigenvalue weighted by Gasteiger charge is 2.11. The predicted octanol–water partition coefficient (Wildman–Crippen LogP) is 1.52. The van der Waals surface area contributed by atoms with Crippen molar-refractivity contribution in [3.05, 3.63) is 12.2 Å². The first-order valence-corrected chi connectivity index (χ1v) is 4.82. The molecule has 0 amide bonds. The van der Waals surface area contributed by atoms with E-state index in [-0.39, 0.29) is 6.61 Å². The summed E-state index contributed by atoms with van der Waals surface area (Å²) in [5, 5.41) is 16.6. The fourth-order valence-electron chi connectivity index (χ4n) is 1.56. The van der Waals surface area contributed by atoms with Gasteiger partial charge in [0.1, 0.15) is 12.9 Å². The molecular weight excluding hydrogens is 166 g/mol. The third-order valence-electron chi connectivity index (χ3n) is 2.28. The van der Waals surface area contributed by atoms with Gasteiger partial charge in [0, 0.05) is 6.04 Å². The summed E-state index contributed by atoms with van der Waals surface area (Å²) in [5.41, 5.74) is 0. The molecule has 0 bridgehead atoms. The average Bonchev–Trinajstić information content (AvgIpc) is 2.61. The first kappa shape index (κ1) is 10.2. The zero-order valence-electron chi connectivity index (χ0n) is 8.27. The molecular formula is C9H17N3O. The third-order valence-corrected chi connectivity index (χ3v) is 2.28. The lowest BCUT2D eigenvalue weighted by Gasteiger charge is -2.16. The van der Waals surface area contributed by atoms with Gasteiger partial charge in [-0.3, -0.25) is 0 Å². The molecule has 0 spiro atoms. The maximum absolute atomic E-state index is 9.00. The van der Waals surface area contributed by atoms with Crippen LogP contribution in [0.5, 0.6) is 0 Å². The number of nitrogens with zero attached hydrogens (tertiary/aromatic N) is 3. The second-order valence-electron chi connectivity index (χ2n) is 3.16. The van der Waals surface area contributed by atoms with Crippen molar-refractivity contribution in [2.24, 2.45) is 0 Å². The van der Waals surface area contributed by atoms with E-state index in [0.717, 1.165) is 19.3 Å². The first-order chi connectivity index (χ1) is 6.33. The Morgan fingerprint density at radius 3 is 2.85 bits per heavy atom. The minimum atomic E-state index is -0.0276. The maximum Gasteiger partial charge on any atom is 0.158 e. The molecule has 1 heterocycles. The summed E-state index contributed by atoms with van der Waals surface area (Å²) in [7, 11) is 0. The monoisotopic (exact) mass is 183 g/mol. The van der Waals surface area contributed by atoms with E-state index in [0.29, 0.717) is 11.9 Å². The van der Waals surface area contributed by atoms with E-state index >= 15 is 0 Å². The highest BCUT2D eigenvalue weighted by Crippen LogP contribution is 2.18. The summed E-state index contributed by atoms with van der Waals surface area (Å²) < 4.78 is 1.98. The van der Waals surface area contributed by atoms with Gasteiger partial charge in [0.2, 0.25) is 0 Å². The van der Waals surface area contributed by atoms with Crippen molar-refractivity contribution < 1.29 is 5.11 Å². The average molecular weight is 183 g/mol. The van der Waals surface area contributed by atoms with Crippen molar-refractivity contribution in [3.63, 3.8) is 0 Å². The van der Waals surface area contributed by atoms with E-state index in [1.165, 1.54) is 0 Å². The van der Waals surface area contributed by atoms with E-state index in [9.17, 15) is 0 Å². The number of rotatable bonds is 5. The van der Waals surface area contributed by atoms with Crippen molar-refractivity contribution in [3.8, 4) is 0 Å². The maximum atomic E-state index is 9.00. The Bertz CT molecular complexity index is 247. The van der Waals surface area contributed by atoms with Gasteiger partial charge in [0.05, 0.1) is 0 Å². The summed E-state index contributed by atoms with van der Waals surface area (Å²) in [6.07, 6.45) is 5.01. The van der Waals surface area contributed by atoms with Gasteiger partial charge in [0.15, 0.2) is 5.82 Å². The Balaban J connectivity index is 2.77. The molecule has 0 saturated heterocycles. The number of aromatic nitrogens is 3. The van der Waals surface area contributed by atoms with Crippen molar-refractivity contribution in [2.45, 2.75) is 45.8 Å². The molecule has 4 heteroatoms. The molecule has 0 fully saturated rings. The van der Waals surface area contributed by atoms with Crippen LogP contribution in [0, 0.1) is 0 Å². The molecule has 1 aromatic heterocycles. The fourth-order valence-corrected chi connectivity index (χ4v) is 1.56. The van der Waals surface area contributed by atoms with Crippen LogP contribution < -0.4 is 0 Å². The van der Waals surface area contributed by atoms with Crippen molar-refractivity contribution in [1.82, 2.24) is 14.8 Å². The third kappa shape index (κ3) is 2.28. The van der Waals surface area contributed by atoms with E-state index in [1.807, 2.05) is 4.57 Å². The van der Waals surface area contributed by atoms with E-state index in [2.05, 4.69) is 24.0 Å². The number of aliphatic hydroxyl groups excluding tert-OH is 1. The molecule has 1 unspecified atom stereocenters. The minimum absolute atomic E-state index is 0.0276. The van der Waals surface area contributed by atoms with Gasteiger partial charge in [-0.15, -0.1) is 10.2 Å². The summed E-state index contributed by atoms with van der Waals surface area (Å²) in [4.78, 5) is 0. The SMILES string of the molecule is CCCC(CC)n1cnnc1CO. The highest BCUT2D eigenvalue weighted by atomic mass is 16.3. The normalized spacial score (nSPS) is 13.2. The molecule has 1 N–H and O–H groups in total. The highest BCUT2D eigenvalue weighted by molar-refractivity contribution is 4.86. The van der Waals surface area contributed by atoms with Crippen LogP contribution in [0.25, 0.3) is 0 Å². The van der Waals surface area contributed by atoms with Crippen LogP contribution in [-0.2, 0) is 6.61 Å². The molecule has 74 valence electrons. The first-order valence-electron chi connectivity index (χ1n) is 4.82. The standard InChI is InChI=1S/C9H17N3O/c1-3-5-8(4-2)12-7-10-11-9(12)6-13/h7-8,13H,3-6H2,1-2H3. The van der Waals surface area contributed by atoms with Gasteiger partial charge in [0.25, 0.3) is 0 Å². The lowest BCUT2D eigenvalue weighted by molar-refractivity contribution is 0.257. The van der Waals surface area contributed by atoms with Gasteiger partial charge in [-0.2, -0.15) is 0 Å². The van der Waals surface area contributed by atoms with Gasteiger partial charge in [-0.05, 0) is 12.8 Å². The van der Waals surface area contributed by atoms with Gasteiger partial charge in [-0.1, -0.05) is 20.3 Å². The number of aliphatic hydroxyl groups is 1. The zero-order chi connectivity index (χ0) is 9.68. The van der Waals surface area contributed by atoms with Crippen molar-refractivity contribution in [1.29, 1.82) is 0 Å². The molecule has 0 radical (unpaired) electrons. The number of hydrogen-bond donors (Lipinski definition) is 1. The molecule has 4 nitrogen and oxygen atoms in total.